The van der Waals surface area contributed by atoms with Crippen molar-refractivity contribution in [1.82, 2.24) is 9.97 Å². The van der Waals surface area contributed by atoms with Gasteiger partial charge >= 0.3 is 0 Å². The van der Waals surface area contributed by atoms with Gasteiger partial charge in [0.25, 0.3) is 0 Å². The average molecular weight is 289 g/mol. The Morgan fingerprint density at radius 3 is 3.00 bits per heavy atom. The maximum Gasteiger partial charge on any atom is 0.187 e. The first kappa shape index (κ1) is 12.3. The summed E-state index contributed by atoms with van der Waals surface area (Å²) in [5, 5.41) is 0.549. The molecule has 0 unspecified atom stereocenters. The summed E-state index contributed by atoms with van der Waals surface area (Å²) in [7, 11) is 0. The maximum atomic E-state index is 11.6. The first-order valence-electron chi connectivity index (χ1n) is 4.22. The molecule has 0 radical (unpaired) electrons. The van der Waals surface area contributed by atoms with E-state index in [-0.39, 0.29) is 18.6 Å². The molecule has 0 saturated carbocycles. The number of ketones is 1. The molecule has 0 aliphatic rings. The first-order chi connectivity index (χ1) is 7.19. The quantitative estimate of drug-likeness (QED) is 0.359. The van der Waals surface area contributed by atoms with Crippen LogP contribution in [0, 0.1) is 0 Å². The van der Waals surface area contributed by atoms with Crippen LogP contribution in [0.2, 0.25) is 0 Å². The molecule has 80 valence electrons. The van der Waals surface area contributed by atoms with E-state index in [0.717, 1.165) is 6.29 Å². The third kappa shape index (κ3) is 3.39. The number of hydrogen-bond donors (Lipinski definition) is 0. The average Bonchev–Trinajstić information content (AvgIpc) is 2.26. The van der Waals surface area contributed by atoms with E-state index in [4.69, 9.17) is 0 Å². The van der Waals surface area contributed by atoms with Crippen molar-refractivity contribution in [2.75, 3.05) is 6.26 Å². The highest BCUT2D eigenvalue weighted by molar-refractivity contribution is 9.10. The van der Waals surface area contributed by atoms with Gasteiger partial charge in [-0.05, 0) is 22.2 Å². The van der Waals surface area contributed by atoms with E-state index in [1.54, 1.807) is 6.20 Å². The van der Waals surface area contributed by atoms with Gasteiger partial charge in [-0.25, -0.2) is 9.97 Å². The molecule has 0 aromatic carbocycles. The number of rotatable bonds is 5. The van der Waals surface area contributed by atoms with Crippen LogP contribution in [0.15, 0.2) is 15.8 Å². The molecule has 6 heteroatoms. The van der Waals surface area contributed by atoms with Crippen LogP contribution in [0.5, 0.6) is 0 Å². The molecule has 1 heterocycles. The van der Waals surface area contributed by atoms with Crippen LogP contribution < -0.4 is 0 Å². The lowest BCUT2D eigenvalue weighted by Gasteiger charge is -2.02. The Labute approximate surface area is 100 Å². The molecular weight excluding hydrogens is 280 g/mol. The molecule has 4 nitrogen and oxygen atoms in total. The molecule has 0 saturated heterocycles. The molecule has 15 heavy (non-hydrogen) atoms. The number of carbonyl (C=O) groups is 2. The molecule has 0 atom stereocenters. The number of aromatic nitrogens is 2. The lowest BCUT2D eigenvalue weighted by Crippen LogP contribution is -2.05. The zero-order valence-electron chi connectivity index (χ0n) is 8.07. The fraction of sp³-hybridized carbons (Fsp3) is 0.333. The van der Waals surface area contributed by atoms with E-state index in [2.05, 4.69) is 25.9 Å². The molecule has 0 aliphatic carbocycles. The van der Waals surface area contributed by atoms with E-state index in [0.29, 0.717) is 15.3 Å². The Hall–Kier alpha value is -0.750. The van der Waals surface area contributed by atoms with Gasteiger partial charge in [-0.15, -0.1) is 0 Å². The van der Waals surface area contributed by atoms with Gasteiger partial charge in [0, 0.05) is 19.0 Å². The number of thioether (sulfide) groups is 1. The second-order valence-electron chi connectivity index (χ2n) is 2.68. The predicted molar refractivity (Wildman–Crippen MR) is 61.1 cm³/mol. The van der Waals surface area contributed by atoms with Gasteiger partial charge in [-0.3, -0.25) is 4.79 Å². The van der Waals surface area contributed by atoms with E-state index >= 15 is 0 Å². The van der Waals surface area contributed by atoms with Crippen molar-refractivity contribution in [3.8, 4) is 0 Å². The molecule has 1 aromatic heterocycles. The van der Waals surface area contributed by atoms with Crippen molar-refractivity contribution >= 4 is 39.8 Å². The van der Waals surface area contributed by atoms with Crippen LogP contribution in [0.1, 0.15) is 23.3 Å². The van der Waals surface area contributed by atoms with Crippen LogP contribution >= 0.6 is 27.7 Å². The summed E-state index contributed by atoms with van der Waals surface area (Å²) in [5.74, 6) is -0.147. The van der Waals surface area contributed by atoms with Crippen LogP contribution in [0.25, 0.3) is 0 Å². The number of halogens is 1. The Morgan fingerprint density at radius 1 is 1.67 bits per heavy atom. The molecule has 1 aromatic rings. The highest BCUT2D eigenvalue weighted by Gasteiger charge is 2.12. The molecule has 1 rings (SSSR count). The predicted octanol–water partition coefficient (Wildman–Crippen LogP) is 2.12. The molecular formula is C9H9BrN2O2S. The van der Waals surface area contributed by atoms with Crippen LogP contribution in [0.3, 0.4) is 0 Å². The van der Waals surface area contributed by atoms with Crippen molar-refractivity contribution < 1.29 is 9.59 Å². The number of nitrogens with zero attached hydrogens (tertiary/aromatic N) is 2. The Balaban J connectivity index is 2.91. The molecule has 0 spiro atoms. The minimum absolute atomic E-state index is 0.147. The van der Waals surface area contributed by atoms with E-state index in [9.17, 15) is 9.59 Å². The van der Waals surface area contributed by atoms with E-state index < -0.39 is 0 Å². The zero-order valence-corrected chi connectivity index (χ0v) is 10.5. The largest absolute Gasteiger partial charge is 0.303 e. The second-order valence-corrected chi connectivity index (χ2v) is 4.31. The third-order valence-corrected chi connectivity index (χ3v) is 2.80. The number of Topliss-reactive ketones (excluding diaryl/α,β-unsaturated/α-hetero) is 1. The summed E-state index contributed by atoms with van der Waals surface area (Å²) in [5.41, 5.74) is 0.344. The fourth-order valence-corrected chi connectivity index (χ4v) is 1.71. The van der Waals surface area contributed by atoms with Gasteiger partial charge < -0.3 is 4.79 Å². The van der Waals surface area contributed by atoms with Gasteiger partial charge in [0.05, 0.1) is 4.47 Å². The van der Waals surface area contributed by atoms with Crippen molar-refractivity contribution in [3.05, 3.63) is 16.4 Å². The number of aldehydes is 1. The third-order valence-electron chi connectivity index (χ3n) is 1.66. The van der Waals surface area contributed by atoms with Crippen LogP contribution in [-0.4, -0.2) is 28.3 Å². The highest BCUT2D eigenvalue weighted by atomic mass is 79.9. The van der Waals surface area contributed by atoms with Crippen molar-refractivity contribution in [3.63, 3.8) is 0 Å². The molecule has 0 bridgehead atoms. The summed E-state index contributed by atoms with van der Waals surface area (Å²) in [6.45, 7) is 0. The summed E-state index contributed by atoms with van der Waals surface area (Å²) in [6, 6.07) is 0. The Kier molecular flexibility index (Phi) is 4.90. The Morgan fingerprint density at radius 2 is 2.40 bits per heavy atom. The minimum atomic E-state index is -0.147. The van der Waals surface area contributed by atoms with Crippen LogP contribution in [-0.2, 0) is 4.79 Å². The summed E-state index contributed by atoms with van der Waals surface area (Å²) in [4.78, 5) is 29.8. The van der Waals surface area contributed by atoms with Crippen LogP contribution in [0.4, 0.5) is 0 Å². The van der Waals surface area contributed by atoms with Gasteiger partial charge in [-0.1, -0.05) is 11.8 Å². The monoisotopic (exact) mass is 288 g/mol. The summed E-state index contributed by atoms with van der Waals surface area (Å²) >= 11 is 4.58. The lowest BCUT2D eigenvalue weighted by molar-refractivity contribution is -0.107. The zero-order chi connectivity index (χ0) is 11.3. The van der Waals surface area contributed by atoms with Crippen molar-refractivity contribution in [2.24, 2.45) is 0 Å². The summed E-state index contributed by atoms with van der Waals surface area (Å²) in [6.07, 6.45) is 4.52. The maximum absolute atomic E-state index is 11.6. The molecule has 0 aliphatic heterocycles. The van der Waals surface area contributed by atoms with Gasteiger partial charge in [-0.2, -0.15) is 0 Å². The minimum Gasteiger partial charge on any atom is -0.303 e. The Bertz CT molecular complexity index is 384. The first-order valence-corrected chi connectivity index (χ1v) is 6.24. The highest BCUT2D eigenvalue weighted by Crippen LogP contribution is 2.18. The van der Waals surface area contributed by atoms with Crippen molar-refractivity contribution in [2.45, 2.75) is 18.0 Å². The fourth-order valence-electron chi connectivity index (χ4n) is 0.953. The molecule has 0 amide bonds. The molecule has 0 N–H and O–H groups in total. The van der Waals surface area contributed by atoms with Gasteiger partial charge in [0.15, 0.2) is 10.9 Å². The van der Waals surface area contributed by atoms with E-state index in [1.165, 1.54) is 11.8 Å². The normalized spacial score (nSPS) is 10.0. The van der Waals surface area contributed by atoms with Crippen molar-refractivity contribution in [1.29, 1.82) is 0 Å². The van der Waals surface area contributed by atoms with Gasteiger partial charge in [0.2, 0.25) is 0 Å². The number of carbonyl (C=O) groups excluding carboxylic acids is 2. The smallest absolute Gasteiger partial charge is 0.187 e. The van der Waals surface area contributed by atoms with Gasteiger partial charge in [0.1, 0.15) is 12.0 Å². The second kappa shape index (κ2) is 5.97. The standard InChI is InChI=1S/C9H9BrN2O2S/c1-15-9-11-5-6(10)8(12-9)7(14)3-2-4-13/h4-5H,2-3H2,1H3. The molecule has 0 fully saturated rings. The van der Waals surface area contributed by atoms with E-state index in [1.807, 2.05) is 6.26 Å². The summed E-state index contributed by atoms with van der Waals surface area (Å²) < 4.78 is 0.566. The number of hydrogen-bond acceptors (Lipinski definition) is 5. The topological polar surface area (TPSA) is 59.9 Å². The lowest BCUT2D eigenvalue weighted by atomic mass is 10.2. The SMILES string of the molecule is CSc1ncc(Br)c(C(=O)CCC=O)n1.